The molecule has 0 aliphatic rings. The zero-order valence-electron chi connectivity index (χ0n) is 11.7. The van der Waals surface area contributed by atoms with Crippen LogP contribution in [0.15, 0.2) is 36.4 Å². The lowest BCUT2D eigenvalue weighted by Crippen LogP contribution is -2.11. The average Bonchev–Trinajstić information content (AvgIpc) is 2.79. The minimum absolute atomic E-state index is 0.224. The topological polar surface area (TPSA) is 53.4 Å². The lowest BCUT2D eigenvalue weighted by Gasteiger charge is -2.05. The highest BCUT2D eigenvalue weighted by Gasteiger charge is 2.11. The number of nitrogens with zero attached hydrogens (tertiary/aromatic N) is 2. The fourth-order valence-electron chi connectivity index (χ4n) is 1.69. The van der Waals surface area contributed by atoms with Crippen LogP contribution < -0.4 is 0 Å². The second-order valence-electron chi connectivity index (χ2n) is 4.47. The second kappa shape index (κ2) is 6.86. The van der Waals surface area contributed by atoms with E-state index in [1.807, 2.05) is 37.3 Å². The third-order valence-corrected chi connectivity index (χ3v) is 2.90. The molecule has 0 aliphatic carbocycles. The Morgan fingerprint density at radius 1 is 1.25 bits per heavy atom. The standard InChI is InChI=1S/C15H18N2O3/c1-12-10-14(16-17(12)2)15(18)20-9-8-19-11-13-6-4-3-5-7-13/h3-7,10H,8-9,11H2,1-2H3. The van der Waals surface area contributed by atoms with Gasteiger partial charge >= 0.3 is 5.97 Å². The van der Waals surface area contributed by atoms with Gasteiger partial charge in [-0.1, -0.05) is 30.3 Å². The van der Waals surface area contributed by atoms with Crippen molar-refractivity contribution in [2.24, 2.45) is 7.05 Å². The van der Waals surface area contributed by atoms with Crippen LogP contribution in [-0.2, 0) is 23.1 Å². The third kappa shape index (κ3) is 3.93. The quantitative estimate of drug-likeness (QED) is 0.598. The van der Waals surface area contributed by atoms with Gasteiger partial charge in [-0.15, -0.1) is 0 Å². The van der Waals surface area contributed by atoms with Gasteiger partial charge in [0.1, 0.15) is 6.61 Å². The molecule has 2 aromatic rings. The fraction of sp³-hybridized carbons (Fsp3) is 0.333. The summed E-state index contributed by atoms with van der Waals surface area (Å²) >= 11 is 0. The van der Waals surface area contributed by atoms with Crippen molar-refractivity contribution < 1.29 is 14.3 Å². The van der Waals surface area contributed by atoms with E-state index in [1.165, 1.54) is 0 Å². The first kappa shape index (κ1) is 14.3. The molecule has 0 atom stereocenters. The van der Waals surface area contributed by atoms with Crippen molar-refractivity contribution in [1.82, 2.24) is 9.78 Å². The van der Waals surface area contributed by atoms with Crippen molar-refractivity contribution in [3.8, 4) is 0 Å². The Balaban J connectivity index is 1.67. The largest absolute Gasteiger partial charge is 0.458 e. The molecule has 0 saturated carbocycles. The SMILES string of the molecule is Cc1cc(C(=O)OCCOCc2ccccc2)nn1C. The molecule has 5 nitrogen and oxygen atoms in total. The van der Waals surface area contributed by atoms with Crippen LogP contribution in [0.5, 0.6) is 0 Å². The van der Waals surface area contributed by atoms with E-state index in [4.69, 9.17) is 9.47 Å². The Kier molecular flexibility index (Phi) is 4.90. The van der Waals surface area contributed by atoms with E-state index in [-0.39, 0.29) is 6.61 Å². The summed E-state index contributed by atoms with van der Waals surface area (Å²) in [4.78, 5) is 11.7. The van der Waals surface area contributed by atoms with E-state index in [0.717, 1.165) is 11.3 Å². The number of esters is 1. The van der Waals surface area contributed by atoms with Crippen LogP contribution in [0.25, 0.3) is 0 Å². The van der Waals surface area contributed by atoms with Crippen molar-refractivity contribution in [3.05, 3.63) is 53.3 Å². The Bertz CT molecular complexity index is 544. The molecule has 0 aliphatic heterocycles. The highest BCUT2D eigenvalue weighted by atomic mass is 16.6. The van der Waals surface area contributed by atoms with E-state index < -0.39 is 5.97 Å². The predicted octanol–water partition coefficient (Wildman–Crippen LogP) is 2.10. The number of aryl methyl sites for hydroxylation is 2. The molecule has 0 unspecified atom stereocenters. The maximum absolute atomic E-state index is 11.7. The van der Waals surface area contributed by atoms with Crippen molar-refractivity contribution in [1.29, 1.82) is 0 Å². The van der Waals surface area contributed by atoms with Gasteiger partial charge in [0.05, 0.1) is 13.2 Å². The van der Waals surface area contributed by atoms with Crippen molar-refractivity contribution in [2.45, 2.75) is 13.5 Å². The maximum Gasteiger partial charge on any atom is 0.358 e. The molecule has 106 valence electrons. The number of benzene rings is 1. The Hall–Kier alpha value is -2.14. The summed E-state index contributed by atoms with van der Waals surface area (Å²) in [6.07, 6.45) is 0. The fourth-order valence-corrected chi connectivity index (χ4v) is 1.69. The molecule has 0 amide bonds. The minimum atomic E-state index is -0.419. The van der Waals surface area contributed by atoms with Gasteiger partial charge < -0.3 is 9.47 Å². The summed E-state index contributed by atoms with van der Waals surface area (Å²) in [5, 5.41) is 4.06. The number of rotatable bonds is 6. The number of hydrogen-bond acceptors (Lipinski definition) is 4. The van der Waals surface area contributed by atoms with Crippen LogP contribution >= 0.6 is 0 Å². The number of carbonyl (C=O) groups excluding carboxylic acids is 1. The lowest BCUT2D eigenvalue weighted by molar-refractivity contribution is 0.0282. The molecule has 0 N–H and O–H groups in total. The molecule has 20 heavy (non-hydrogen) atoms. The van der Waals surface area contributed by atoms with Gasteiger partial charge in [-0.25, -0.2) is 4.79 Å². The zero-order valence-corrected chi connectivity index (χ0v) is 11.7. The first-order valence-electron chi connectivity index (χ1n) is 6.46. The van der Waals surface area contributed by atoms with Crippen LogP contribution in [0.3, 0.4) is 0 Å². The van der Waals surface area contributed by atoms with Crippen LogP contribution in [0, 0.1) is 6.92 Å². The summed E-state index contributed by atoms with van der Waals surface area (Å²) in [5.74, 6) is -0.419. The summed E-state index contributed by atoms with van der Waals surface area (Å²) in [6.45, 7) is 2.99. The molecule has 2 rings (SSSR count). The molecule has 1 aromatic heterocycles. The van der Waals surface area contributed by atoms with Crippen molar-refractivity contribution in [2.75, 3.05) is 13.2 Å². The first-order chi connectivity index (χ1) is 9.66. The van der Waals surface area contributed by atoms with Gasteiger partial charge in [0.15, 0.2) is 5.69 Å². The minimum Gasteiger partial charge on any atom is -0.458 e. The van der Waals surface area contributed by atoms with Crippen molar-refractivity contribution >= 4 is 5.97 Å². The first-order valence-corrected chi connectivity index (χ1v) is 6.46. The van der Waals surface area contributed by atoms with Crippen LogP contribution in [0.4, 0.5) is 0 Å². The zero-order chi connectivity index (χ0) is 14.4. The molecule has 0 bridgehead atoms. The van der Waals surface area contributed by atoms with E-state index in [2.05, 4.69) is 5.10 Å². The predicted molar refractivity (Wildman–Crippen MR) is 74.3 cm³/mol. The van der Waals surface area contributed by atoms with Gasteiger partial charge in [-0.3, -0.25) is 4.68 Å². The van der Waals surface area contributed by atoms with E-state index in [1.54, 1.807) is 17.8 Å². The summed E-state index contributed by atoms with van der Waals surface area (Å²) in [6, 6.07) is 11.6. The smallest absolute Gasteiger partial charge is 0.358 e. The van der Waals surface area contributed by atoms with Crippen LogP contribution in [0.2, 0.25) is 0 Å². The summed E-state index contributed by atoms with van der Waals surface area (Å²) in [7, 11) is 1.79. The molecule has 0 saturated heterocycles. The molecule has 1 aromatic carbocycles. The van der Waals surface area contributed by atoms with E-state index in [0.29, 0.717) is 18.9 Å². The van der Waals surface area contributed by atoms with Crippen molar-refractivity contribution in [3.63, 3.8) is 0 Å². The van der Waals surface area contributed by atoms with Gasteiger partial charge in [-0.05, 0) is 18.6 Å². The van der Waals surface area contributed by atoms with E-state index in [9.17, 15) is 4.79 Å². The highest BCUT2D eigenvalue weighted by molar-refractivity contribution is 5.87. The molecular weight excluding hydrogens is 256 g/mol. The van der Waals surface area contributed by atoms with Gasteiger partial charge in [-0.2, -0.15) is 5.10 Å². The molecule has 0 radical (unpaired) electrons. The number of aromatic nitrogens is 2. The Morgan fingerprint density at radius 3 is 2.65 bits per heavy atom. The lowest BCUT2D eigenvalue weighted by atomic mass is 10.2. The maximum atomic E-state index is 11.7. The van der Waals surface area contributed by atoms with Gasteiger partial charge in [0.2, 0.25) is 0 Å². The van der Waals surface area contributed by atoms with Crippen LogP contribution in [-0.4, -0.2) is 29.0 Å². The Labute approximate surface area is 118 Å². The molecule has 0 spiro atoms. The second-order valence-corrected chi connectivity index (χ2v) is 4.47. The monoisotopic (exact) mass is 274 g/mol. The summed E-state index contributed by atoms with van der Waals surface area (Å²) < 4.78 is 12.2. The molecule has 1 heterocycles. The highest BCUT2D eigenvalue weighted by Crippen LogP contribution is 2.03. The Morgan fingerprint density at radius 2 is 2.00 bits per heavy atom. The number of ether oxygens (including phenoxy) is 2. The molecule has 5 heteroatoms. The average molecular weight is 274 g/mol. The molecular formula is C15H18N2O3. The summed E-state index contributed by atoms with van der Waals surface area (Å²) in [5.41, 5.74) is 2.34. The van der Waals surface area contributed by atoms with Gasteiger partial charge in [0.25, 0.3) is 0 Å². The number of hydrogen-bond donors (Lipinski definition) is 0. The normalized spacial score (nSPS) is 10.5. The van der Waals surface area contributed by atoms with E-state index >= 15 is 0 Å². The van der Waals surface area contributed by atoms with Crippen LogP contribution in [0.1, 0.15) is 21.7 Å². The third-order valence-electron chi connectivity index (χ3n) is 2.90. The van der Waals surface area contributed by atoms with Gasteiger partial charge in [0, 0.05) is 12.7 Å². The number of carbonyl (C=O) groups is 1. The molecule has 0 fully saturated rings.